The maximum atomic E-state index is 12.4. The molecular weight excluding hydrogens is 296 g/mol. The monoisotopic (exact) mass is 306 g/mol. The van der Waals surface area contributed by atoms with Gasteiger partial charge in [0.15, 0.2) is 5.43 Å². The lowest BCUT2D eigenvalue weighted by Crippen LogP contribution is -2.00. The summed E-state index contributed by atoms with van der Waals surface area (Å²) in [5, 5.41) is 3.17. The third kappa shape index (κ3) is 2.09. The molecule has 0 fully saturated rings. The first-order valence-electron chi connectivity index (χ1n) is 6.94. The van der Waals surface area contributed by atoms with E-state index in [1.807, 2.05) is 48.5 Å². The predicted octanol–water partition coefficient (Wildman–Crippen LogP) is 5.27. The van der Waals surface area contributed by atoms with E-state index in [4.69, 9.17) is 16.0 Å². The standard InChI is InChI=1S/C19H11ClO2/c20-14-6-3-5-13(10-14)18-11-17(21)16-9-8-12-4-1-2-7-15(12)19(16)22-18/h1-11H. The van der Waals surface area contributed by atoms with Crippen molar-refractivity contribution in [3.63, 3.8) is 0 Å². The van der Waals surface area contributed by atoms with Crippen LogP contribution in [0.15, 0.2) is 75.9 Å². The van der Waals surface area contributed by atoms with Crippen molar-refractivity contribution in [1.29, 1.82) is 0 Å². The summed E-state index contributed by atoms with van der Waals surface area (Å²) in [7, 11) is 0. The van der Waals surface area contributed by atoms with E-state index in [2.05, 4.69) is 0 Å². The lowest BCUT2D eigenvalue weighted by molar-refractivity contribution is 0.622. The molecule has 0 aliphatic carbocycles. The molecule has 0 atom stereocenters. The SMILES string of the molecule is O=c1cc(-c2cccc(Cl)c2)oc2c1ccc1ccccc12. The quantitative estimate of drug-likeness (QED) is 0.449. The molecule has 0 saturated carbocycles. The molecule has 1 aromatic heterocycles. The Bertz CT molecular complexity index is 1060. The normalized spacial score (nSPS) is 11.1. The Morgan fingerprint density at radius 1 is 0.818 bits per heavy atom. The first-order chi connectivity index (χ1) is 10.7. The topological polar surface area (TPSA) is 30.2 Å². The molecule has 1 heterocycles. The van der Waals surface area contributed by atoms with E-state index in [0.717, 1.165) is 16.3 Å². The molecular formula is C19H11ClO2. The van der Waals surface area contributed by atoms with E-state index in [-0.39, 0.29) is 5.43 Å². The van der Waals surface area contributed by atoms with Crippen LogP contribution in [0.25, 0.3) is 33.1 Å². The van der Waals surface area contributed by atoms with E-state index in [1.54, 1.807) is 12.1 Å². The largest absolute Gasteiger partial charge is 0.455 e. The van der Waals surface area contributed by atoms with Gasteiger partial charge in [0, 0.05) is 22.0 Å². The van der Waals surface area contributed by atoms with Crippen LogP contribution in [0, 0.1) is 0 Å². The number of hydrogen-bond acceptors (Lipinski definition) is 2. The lowest BCUT2D eigenvalue weighted by atomic mass is 10.1. The number of hydrogen-bond donors (Lipinski definition) is 0. The zero-order chi connectivity index (χ0) is 15.1. The highest BCUT2D eigenvalue weighted by Crippen LogP contribution is 2.28. The molecule has 0 radical (unpaired) electrons. The first kappa shape index (κ1) is 13.1. The fourth-order valence-corrected chi connectivity index (χ4v) is 2.86. The van der Waals surface area contributed by atoms with Crippen molar-refractivity contribution >= 4 is 33.3 Å². The van der Waals surface area contributed by atoms with Crippen molar-refractivity contribution in [3.8, 4) is 11.3 Å². The fraction of sp³-hybridized carbons (Fsp3) is 0. The molecule has 3 aromatic carbocycles. The van der Waals surface area contributed by atoms with Gasteiger partial charge in [-0.25, -0.2) is 0 Å². The molecule has 0 bridgehead atoms. The van der Waals surface area contributed by atoms with Crippen molar-refractivity contribution in [2.45, 2.75) is 0 Å². The minimum atomic E-state index is -0.0537. The zero-order valence-electron chi connectivity index (χ0n) is 11.5. The Balaban J connectivity index is 2.10. The minimum absolute atomic E-state index is 0.0537. The molecule has 106 valence electrons. The van der Waals surface area contributed by atoms with Gasteiger partial charge in [-0.3, -0.25) is 4.79 Å². The molecule has 0 N–H and O–H groups in total. The summed E-state index contributed by atoms with van der Waals surface area (Å²) in [6.45, 7) is 0. The van der Waals surface area contributed by atoms with Crippen molar-refractivity contribution < 1.29 is 4.42 Å². The Hall–Kier alpha value is -2.58. The van der Waals surface area contributed by atoms with Crippen molar-refractivity contribution in [2.24, 2.45) is 0 Å². The van der Waals surface area contributed by atoms with Crippen LogP contribution in [-0.4, -0.2) is 0 Å². The Morgan fingerprint density at radius 2 is 1.68 bits per heavy atom. The number of rotatable bonds is 1. The van der Waals surface area contributed by atoms with Crippen molar-refractivity contribution in [2.75, 3.05) is 0 Å². The van der Waals surface area contributed by atoms with Gasteiger partial charge >= 0.3 is 0 Å². The van der Waals surface area contributed by atoms with Gasteiger partial charge in [-0.15, -0.1) is 0 Å². The van der Waals surface area contributed by atoms with Crippen molar-refractivity contribution in [3.05, 3.63) is 82.0 Å². The van der Waals surface area contributed by atoms with E-state index >= 15 is 0 Å². The summed E-state index contributed by atoms with van der Waals surface area (Å²) in [5.74, 6) is 0.524. The molecule has 4 aromatic rings. The van der Waals surface area contributed by atoms with Gasteiger partial charge in [0.1, 0.15) is 11.3 Å². The van der Waals surface area contributed by atoms with Crippen LogP contribution >= 0.6 is 11.6 Å². The van der Waals surface area contributed by atoms with Gasteiger partial charge < -0.3 is 4.42 Å². The number of halogens is 1. The summed E-state index contributed by atoms with van der Waals surface area (Å²) in [5.41, 5.74) is 1.35. The van der Waals surface area contributed by atoms with E-state index < -0.39 is 0 Å². The van der Waals surface area contributed by atoms with Crippen molar-refractivity contribution in [1.82, 2.24) is 0 Å². The Labute approximate surface area is 131 Å². The molecule has 22 heavy (non-hydrogen) atoms. The first-order valence-corrected chi connectivity index (χ1v) is 7.32. The highest BCUT2D eigenvalue weighted by atomic mass is 35.5. The van der Waals surface area contributed by atoms with Gasteiger partial charge in [0.05, 0.1) is 5.39 Å². The average molecular weight is 307 g/mol. The van der Waals surface area contributed by atoms with Gasteiger partial charge in [0.2, 0.25) is 0 Å². The van der Waals surface area contributed by atoms with Gasteiger partial charge in [-0.1, -0.05) is 54.1 Å². The molecule has 2 nitrogen and oxygen atoms in total. The second-order valence-electron chi connectivity index (χ2n) is 5.15. The van der Waals surface area contributed by atoms with Crippen LogP contribution in [0.4, 0.5) is 0 Å². The van der Waals surface area contributed by atoms with E-state index in [0.29, 0.717) is 21.8 Å². The number of fused-ring (bicyclic) bond motifs is 3. The maximum Gasteiger partial charge on any atom is 0.193 e. The maximum absolute atomic E-state index is 12.4. The van der Waals surface area contributed by atoms with E-state index in [1.165, 1.54) is 6.07 Å². The minimum Gasteiger partial charge on any atom is -0.455 e. The average Bonchev–Trinajstić information content (AvgIpc) is 2.54. The molecule has 0 amide bonds. The smallest absolute Gasteiger partial charge is 0.193 e. The summed E-state index contributed by atoms with van der Waals surface area (Å²) in [6, 6.07) is 20.4. The summed E-state index contributed by atoms with van der Waals surface area (Å²) < 4.78 is 6.04. The van der Waals surface area contributed by atoms with Crippen LogP contribution in [0.1, 0.15) is 0 Å². The van der Waals surface area contributed by atoms with Crippen LogP contribution in [-0.2, 0) is 0 Å². The molecule has 3 heteroatoms. The zero-order valence-corrected chi connectivity index (χ0v) is 12.3. The fourth-order valence-electron chi connectivity index (χ4n) is 2.67. The van der Waals surface area contributed by atoms with Gasteiger partial charge in [-0.05, 0) is 23.6 Å². The Morgan fingerprint density at radius 3 is 2.55 bits per heavy atom. The molecule has 0 unspecified atom stereocenters. The van der Waals surface area contributed by atoms with Crippen LogP contribution < -0.4 is 5.43 Å². The third-order valence-electron chi connectivity index (χ3n) is 3.73. The van der Waals surface area contributed by atoms with E-state index in [9.17, 15) is 4.79 Å². The molecule has 0 aliphatic heterocycles. The summed E-state index contributed by atoms with van der Waals surface area (Å²) >= 11 is 6.03. The highest BCUT2D eigenvalue weighted by molar-refractivity contribution is 6.30. The lowest BCUT2D eigenvalue weighted by Gasteiger charge is -2.06. The molecule has 4 rings (SSSR count). The van der Waals surface area contributed by atoms with Crippen LogP contribution in [0.5, 0.6) is 0 Å². The van der Waals surface area contributed by atoms with Gasteiger partial charge in [0.25, 0.3) is 0 Å². The highest BCUT2D eigenvalue weighted by Gasteiger charge is 2.10. The third-order valence-corrected chi connectivity index (χ3v) is 3.96. The second-order valence-corrected chi connectivity index (χ2v) is 5.59. The van der Waals surface area contributed by atoms with Crippen LogP contribution in [0.3, 0.4) is 0 Å². The molecule has 0 aliphatic rings. The molecule has 0 saturated heterocycles. The summed E-state index contributed by atoms with van der Waals surface area (Å²) in [4.78, 5) is 12.4. The Kier molecular flexibility index (Phi) is 2.98. The number of benzene rings is 3. The molecule has 0 spiro atoms. The second kappa shape index (κ2) is 5.00. The van der Waals surface area contributed by atoms with Crippen LogP contribution in [0.2, 0.25) is 5.02 Å². The predicted molar refractivity (Wildman–Crippen MR) is 90.4 cm³/mol. The van der Waals surface area contributed by atoms with Gasteiger partial charge in [-0.2, -0.15) is 0 Å². The summed E-state index contributed by atoms with van der Waals surface area (Å²) in [6.07, 6.45) is 0.